The predicted octanol–water partition coefficient (Wildman–Crippen LogP) is 2.70. The van der Waals surface area contributed by atoms with Crippen molar-refractivity contribution in [3.63, 3.8) is 0 Å². The molecule has 6 heteroatoms. The predicted molar refractivity (Wildman–Crippen MR) is 81.4 cm³/mol. The molecule has 0 bridgehead atoms. The average Bonchev–Trinajstić information content (AvgIpc) is 2.78. The maximum absolute atomic E-state index is 11.6. The van der Waals surface area contributed by atoms with E-state index < -0.39 is 0 Å². The molecule has 2 aromatic heterocycles. The summed E-state index contributed by atoms with van der Waals surface area (Å²) in [5, 5.41) is 3.11. The van der Waals surface area contributed by atoms with Crippen LogP contribution in [0.2, 0.25) is 0 Å². The molecule has 0 aliphatic rings. The van der Waals surface area contributed by atoms with E-state index in [2.05, 4.69) is 22.3 Å². The molecule has 0 amide bonds. The summed E-state index contributed by atoms with van der Waals surface area (Å²) in [6.45, 7) is 6.97. The number of hydrogen-bond donors (Lipinski definition) is 0. The molecule has 0 fully saturated rings. The molecule has 0 N–H and O–H groups in total. The van der Waals surface area contributed by atoms with E-state index in [1.54, 1.807) is 11.3 Å². The second-order valence-electron chi connectivity index (χ2n) is 4.69. The van der Waals surface area contributed by atoms with Crippen molar-refractivity contribution in [3.05, 3.63) is 16.8 Å². The van der Waals surface area contributed by atoms with Crippen LogP contribution in [0.5, 0.6) is 0 Å². The Bertz CT molecular complexity index is 624. The van der Waals surface area contributed by atoms with Gasteiger partial charge < -0.3 is 9.64 Å². The number of ether oxygens (including phenoxy) is 1. The van der Waals surface area contributed by atoms with E-state index >= 15 is 0 Å². The smallest absolute Gasteiger partial charge is 0.325 e. The van der Waals surface area contributed by atoms with E-state index in [-0.39, 0.29) is 12.5 Å². The number of anilines is 1. The van der Waals surface area contributed by atoms with E-state index in [0.717, 1.165) is 40.4 Å². The minimum absolute atomic E-state index is 0.213. The summed E-state index contributed by atoms with van der Waals surface area (Å²) in [5.41, 5.74) is 1.14. The number of esters is 1. The monoisotopic (exact) mass is 293 g/mol. The number of aromatic nitrogens is 2. The summed E-state index contributed by atoms with van der Waals surface area (Å²) in [7, 11) is 1.41. The fourth-order valence-corrected chi connectivity index (χ4v) is 3.11. The molecule has 2 aromatic rings. The van der Waals surface area contributed by atoms with E-state index in [1.807, 2.05) is 18.7 Å². The lowest BCUT2D eigenvalue weighted by Crippen LogP contribution is -2.32. The summed E-state index contributed by atoms with van der Waals surface area (Å²) in [5.74, 6) is 1.30. The molecule has 2 rings (SSSR count). The van der Waals surface area contributed by atoms with Crippen LogP contribution >= 0.6 is 11.3 Å². The average molecular weight is 293 g/mol. The van der Waals surface area contributed by atoms with Gasteiger partial charge in [0.25, 0.3) is 0 Å². The Morgan fingerprint density at radius 3 is 2.80 bits per heavy atom. The number of hydrogen-bond acceptors (Lipinski definition) is 6. The molecule has 0 aromatic carbocycles. The number of nitrogens with zero attached hydrogens (tertiary/aromatic N) is 3. The maximum atomic E-state index is 11.6. The standard InChI is InChI=1S/C14H19N3O2S/c1-5-6-17(7-11(18)19-4)13-12-9(2)8-20-14(12)16-10(3)15-13/h8H,5-7H2,1-4H3. The van der Waals surface area contributed by atoms with Gasteiger partial charge in [-0.05, 0) is 31.2 Å². The maximum Gasteiger partial charge on any atom is 0.325 e. The van der Waals surface area contributed by atoms with E-state index in [9.17, 15) is 4.79 Å². The van der Waals surface area contributed by atoms with E-state index in [0.29, 0.717) is 0 Å². The minimum Gasteiger partial charge on any atom is -0.468 e. The van der Waals surface area contributed by atoms with Crippen molar-refractivity contribution in [2.24, 2.45) is 0 Å². The molecule has 0 saturated heterocycles. The lowest BCUT2D eigenvalue weighted by atomic mass is 10.2. The molecule has 0 unspecified atom stereocenters. The Hall–Kier alpha value is -1.69. The van der Waals surface area contributed by atoms with Gasteiger partial charge in [-0.25, -0.2) is 9.97 Å². The molecule has 2 heterocycles. The molecule has 5 nitrogen and oxygen atoms in total. The van der Waals surface area contributed by atoms with Crippen molar-refractivity contribution < 1.29 is 9.53 Å². The topological polar surface area (TPSA) is 55.3 Å². The lowest BCUT2D eigenvalue weighted by molar-refractivity contribution is -0.138. The third kappa shape index (κ3) is 2.90. The van der Waals surface area contributed by atoms with Gasteiger partial charge in [0.05, 0.1) is 12.5 Å². The highest BCUT2D eigenvalue weighted by molar-refractivity contribution is 7.17. The van der Waals surface area contributed by atoms with Gasteiger partial charge in [0.15, 0.2) is 0 Å². The fraction of sp³-hybridized carbons (Fsp3) is 0.500. The van der Waals surface area contributed by atoms with Crippen molar-refractivity contribution in [2.75, 3.05) is 25.1 Å². The number of carbonyl (C=O) groups is 1. The zero-order valence-electron chi connectivity index (χ0n) is 12.3. The molecule has 0 aliphatic heterocycles. The summed E-state index contributed by atoms with van der Waals surface area (Å²) in [6.07, 6.45) is 0.935. The first kappa shape index (κ1) is 14.7. The Morgan fingerprint density at radius 1 is 1.40 bits per heavy atom. The molecule has 20 heavy (non-hydrogen) atoms. The SMILES string of the molecule is CCCN(CC(=O)OC)c1nc(C)nc2scc(C)c12. The second kappa shape index (κ2) is 6.17. The zero-order valence-corrected chi connectivity index (χ0v) is 13.1. The van der Waals surface area contributed by atoms with Crippen LogP contribution in [-0.2, 0) is 9.53 Å². The number of methoxy groups -OCH3 is 1. The Kier molecular flexibility index (Phi) is 4.54. The summed E-state index contributed by atoms with van der Waals surface area (Å²) in [6, 6.07) is 0. The van der Waals surface area contributed by atoms with Gasteiger partial charge in [-0.15, -0.1) is 11.3 Å². The van der Waals surface area contributed by atoms with Gasteiger partial charge in [-0.3, -0.25) is 4.79 Å². The van der Waals surface area contributed by atoms with Crippen LogP contribution in [0.4, 0.5) is 5.82 Å². The third-order valence-corrected chi connectivity index (χ3v) is 4.04. The van der Waals surface area contributed by atoms with Gasteiger partial charge >= 0.3 is 5.97 Å². The van der Waals surface area contributed by atoms with Crippen molar-refractivity contribution in [1.29, 1.82) is 0 Å². The summed E-state index contributed by atoms with van der Waals surface area (Å²) >= 11 is 1.61. The highest BCUT2D eigenvalue weighted by Crippen LogP contribution is 2.31. The first-order valence-corrected chi connectivity index (χ1v) is 7.49. The van der Waals surface area contributed by atoms with Gasteiger partial charge in [0.1, 0.15) is 23.0 Å². The first-order valence-electron chi connectivity index (χ1n) is 6.61. The van der Waals surface area contributed by atoms with Gasteiger partial charge in [-0.1, -0.05) is 6.92 Å². The quantitative estimate of drug-likeness (QED) is 0.793. The molecular weight excluding hydrogens is 274 g/mol. The van der Waals surface area contributed by atoms with Gasteiger partial charge in [0, 0.05) is 6.54 Å². The first-order chi connectivity index (χ1) is 9.56. The fourth-order valence-electron chi connectivity index (χ4n) is 2.15. The van der Waals surface area contributed by atoms with Crippen LogP contribution in [0.3, 0.4) is 0 Å². The lowest BCUT2D eigenvalue weighted by Gasteiger charge is -2.23. The largest absolute Gasteiger partial charge is 0.468 e. The minimum atomic E-state index is -0.254. The number of fused-ring (bicyclic) bond motifs is 1. The summed E-state index contributed by atoms with van der Waals surface area (Å²) in [4.78, 5) is 23.6. The molecule has 0 atom stereocenters. The number of rotatable bonds is 5. The molecular formula is C14H19N3O2S. The van der Waals surface area contributed by atoms with Crippen LogP contribution in [-0.4, -0.2) is 36.1 Å². The normalized spacial score (nSPS) is 10.8. The number of thiophene rings is 1. The van der Waals surface area contributed by atoms with Crippen LogP contribution in [0.25, 0.3) is 10.2 Å². The van der Waals surface area contributed by atoms with E-state index in [4.69, 9.17) is 4.74 Å². The Labute approximate surface area is 122 Å². The molecule has 0 aliphatic carbocycles. The molecule has 108 valence electrons. The number of carbonyl (C=O) groups excluding carboxylic acids is 1. The van der Waals surface area contributed by atoms with Gasteiger partial charge in [-0.2, -0.15) is 0 Å². The highest BCUT2D eigenvalue weighted by Gasteiger charge is 2.18. The van der Waals surface area contributed by atoms with Crippen LogP contribution in [0.1, 0.15) is 24.7 Å². The van der Waals surface area contributed by atoms with Crippen LogP contribution in [0, 0.1) is 13.8 Å². The van der Waals surface area contributed by atoms with Crippen LogP contribution in [0.15, 0.2) is 5.38 Å². The highest BCUT2D eigenvalue weighted by atomic mass is 32.1. The number of aryl methyl sites for hydroxylation is 2. The Morgan fingerprint density at radius 2 is 2.15 bits per heavy atom. The summed E-state index contributed by atoms with van der Waals surface area (Å²) < 4.78 is 4.78. The zero-order chi connectivity index (χ0) is 14.7. The Balaban J connectivity index is 2.51. The molecule has 0 spiro atoms. The van der Waals surface area contributed by atoms with Crippen molar-refractivity contribution in [3.8, 4) is 0 Å². The van der Waals surface area contributed by atoms with Crippen LogP contribution < -0.4 is 4.90 Å². The third-order valence-electron chi connectivity index (χ3n) is 3.05. The van der Waals surface area contributed by atoms with Crippen molar-refractivity contribution >= 4 is 33.3 Å². The van der Waals surface area contributed by atoms with Crippen molar-refractivity contribution in [2.45, 2.75) is 27.2 Å². The molecule has 0 radical (unpaired) electrons. The van der Waals surface area contributed by atoms with Crippen molar-refractivity contribution in [1.82, 2.24) is 9.97 Å². The molecule has 0 saturated carbocycles. The van der Waals surface area contributed by atoms with E-state index in [1.165, 1.54) is 7.11 Å². The second-order valence-corrected chi connectivity index (χ2v) is 5.55. The van der Waals surface area contributed by atoms with Gasteiger partial charge in [0.2, 0.25) is 0 Å².